The predicted octanol–water partition coefficient (Wildman–Crippen LogP) is 4.23. The Balaban J connectivity index is 1.80. The SMILES string of the molecule is COc1ccc(S(=O)(=O)N(CC(=O)NCc2cccc(C(F)(F)F)c2)c2ccccc2)cc1. The number of nitrogens with zero attached hydrogens (tertiary/aromatic N) is 1. The Bertz CT molecular complexity index is 1200. The second kappa shape index (κ2) is 9.95. The minimum atomic E-state index is -4.50. The van der Waals surface area contributed by atoms with Crippen LogP contribution >= 0.6 is 0 Å². The van der Waals surface area contributed by atoms with Gasteiger partial charge in [0.05, 0.1) is 23.3 Å². The number of alkyl halides is 3. The van der Waals surface area contributed by atoms with Crippen molar-refractivity contribution in [3.63, 3.8) is 0 Å². The summed E-state index contributed by atoms with van der Waals surface area (Å²) in [5.41, 5.74) is -0.327. The summed E-state index contributed by atoms with van der Waals surface area (Å²) in [7, 11) is -2.66. The number of hydrogen-bond acceptors (Lipinski definition) is 4. The summed E-state index contributed by atoms with van der Waals surface area (Å²) in [5.74, 6) is -0.201. The number of sulfonamides is 1. The molecule has 3 aromatic carbocycles. The second-order valence-electron chi connectivity index (χ2n) is 7.00. The molecule has 0 saturated heterocycles. The molecule has 1 N–H and O–H groups in total. The van der Waals surface area contributed by atoms with Crippen molar-refractivity contribution in [2.24, 2.45) is 0 Å². The molecule has 33 heavy (non-hydrogen) atoms. The Morgan fingerprint density at radius 2 is 1.64 bits per heavy atom. The minimum absolute atomic E-state index is 0.0437. The number of carbonyl (C=O) groups is 1. The second-order valence-corrected chi connectivity index (χ2v) is 8.86. The molecule has 3 aromatic rings. The van der Waals surface area contributed by atoms with Gasteiger partial charge in [0.2, 0.25) is 5.91 Å². The molecule has 0 saturated carbocycles. The van der Waals surface area contributed by atoms with Crippen LogP contribution in [0.1, 0.15) is 11.1 Å². The van der Waals surface area contributed by atoms with Crippen LogP contribution in [-0.4, -0.2) is 28.0 Å². The molecule has 0 heterocycles. The third-order valence-corrected chi connectivity index (χ3v) is 6.51. The fraction of sp³-hybridized carbons (Fsp3) is 0.174. The summed E-state index contributed by atoms with van der Waals surface area (Å²) in [5, 5.41) is 2.49. The molecular formula is C23H21F3N2O4S. The molecule has 0 aromatic heterocycles. The van der Waals surface area contributed by atoms with Crippen molar-refractivity contribution in [2.75, 3.05) is 18.0 Å². The number of carbonyl (C=O) groups excluding carboxylic acids is 1. The number of nitrogens with one attached hydrogen (secondary N) is 1. The van der Waals surface area contributed by atoms with E-state index >= 15 is 0 Å². The summed E-state index contributed by atoms with van der Waals surface area (Å²) in [6.07, 6.45) is -4.50. The largest absolute Gasteiger partial charge is 0.497 e. The summed E-state index contributed by atoms with van der Waals surface area (Å²) in [6, 6.07) is 18.3. The molecule has 0 aliphatic heterocycles. The molecule has 174 valence electrons. The van der Waals surface area contributed by atoms with Gasteiger partial charge in [0.1, 0.15) is 12.3 Å². The van der Waals surface area contributed by atoms with E-state index in [-0.39, 0.29) is 22.7 Å². The first-order valence-electron chi connectivity index (χ1n) is 9.76. The summed E-state index contributed by atoms with van der Waals surface area (Å²) in [6.45, 7) is -0.745. The van der Waals surface area contributed by atoms with Gasteiger partial charge in [-0.05, 0) is 54.1 Å². The van der Waals surface area contributed by atoms with Gasteiger partial charge in [-0.2, -0.15) is 13.2 Å². The Labute approximate surface area is 189 Å². The zero-order chi connectivity index (χ0) is 24.1. The molecule has 0 aliphatic carbocycles. The molecule has 0 spiro atoms. The van der Waals surface area contributed by atoms with Crippen LogP contribution in [0.2, 0.25) is 0 Å². The standard InChI is InChI=1S/C23H21F3N2O4S/c1-32-20-10-12-21(13-11-20)33(30,31)28(19-8-3-2-4-9-19)16-22(29)27-15-17-6-5-7-18(14-17)23(24,25)26/h2-14H,15-16H2,1H3,(H,27,29). The molecule has 0 bridgehead atoms. The van der Waals surface area contributed by atoms with Gasteiger partial charge in [-0.15, -0.1) is 0 Å². The van der Waals surface area contributed by atoms with Crippen LogP contribution in [0, 0.1) is 0 Å². The van der Waals surface area contributed by atoms with Crippen molar-refractivity contribution in [3.05, 3.63) is 90.0 Å². The van der Waals surface area contributed by atoms with Crippen LogP contribution < -0.4 is 14.4 Å². The lowest BCUT2D eigenvalue weighted by Crippen LogP contribution is -2.40. The molecule has 1 amide bonds. The van der Waals surface area contributed by atoms with Gasteiger partial charge >= 0.3 is 6.18 Å². The fourth-order valence-corrected chi connectivity index (χ4v) is 4.45. The molecule has 0 radical (unpaired) electrons. The number of benzene rings is 3. The van der Waals surface area contributed by atoms with Gasteiger partial charge in [-0.3, -0.25) is 9.10 Å². The average molecular weight is 478 g/mol. The maximum absolute atomic E-state index is 13.3. The summed E-state index contributed by atoms with van der Waals surface area (Å²) in [4.78, 5) is 12.6. The number of amides is 1. The number of halogens is 3. The quantitative estimate of drug-likeness (QED) is 0.526. The van der Waals surface area contributed by atoms with Crippen molar-refractivity contribution in [3.8, 4) is 5.75 Å². The van der Waals surface area contributed by atoms with Crippen molar-refractivity contribution in [1.29, 1.82) is 0 Å². The van der Waals surface area contributed by atoms with Gasteiger partial charge in [0.25, 0.3) is 10.0 Å². The first-order valence-corrected chi connectivity index (χ1v) is 11.2. The van der Waals surface area contributed by atoms with Crippen molar-refractivity contribution < 1.29 is 31.1 Å². The molecular weight excluding hydrogens is 457 g/mol. The van der Waals surface area contributed by atoms with Gasteiger partial charge in [0.15, 0.2) is 0 Å². The number of ether oxygens (including phenoxy) is 1. The highest BCUT2D eigenvalue weighted by molar-refractivity contribution is 7.92. The Morgan fingerprint density at radius 3 is 2.24 bits per heavy atom. The average Bonchev–Trinajstić information content (AvgIpc) is 2.81. The Kier molecular flexibility index (Phi) is 7.27. The van der Waals surface area contributed by atoms with Crippen LogP contribution in [0.5, 0.6) is 5.75 Å². The van der Waals surface area contributed by atoms with Crippen molar-refractivity contribution in [1.82, 2.24) is 5.32 Å². The topological polar surface area (TPSA) is 75.7 Å². The van der Waals surface area contributed by atoms with E-state index in [0.717, 1.165) is 16.4 Å². The first kappa shape index (κ1) is 24.1. The number of hydrogen-bond donors (Lipinski definition) is 1. The lowest BCUT2D eigenvalue weighted by molar-refractivity contribution is -0.137. The molecule has 0 aliphatic rings. The van der Waals surface area contributed by atoms with Gasteiger partial charge in [0, 0.05) is 6.54 Å². The molecule has 0 fully saturated rings. The molecule has 0 unspecified atom stereocenters. The fourth-order valence-electron chi connectivity index (χ4n) is 3.03. The van der Waals surface area contributed by atoms with Gasteiger partial charge < -0.3 is 10.1 Å². The highest BCUT2D eigenvalue weighted by atomic mass is 32.2. The predicted molar refractivity (Wildman–Crippen MR) is 117 cm³/mol. The smallest absolute Gasteiger partial charge is 0.416 e. The van der Waals surface area contributed by atoms with E-state index in [9.17, 15) is 26.4 Å². The number of para-hydroxylation sites is 1. The maximum atomic E-state index is 13.3. The first-order chi connectivity index (χ1) is 15.6. The number of anilines is 1. The van der Waals surface area contributed by atoms with E-state index < -0.39 is 34.2 Å². The molecule has 10 heteroatoms. The molecule has 0 atom stereocenters. The van der Waals surface area contributed by atoms with Crippen LogP contribution in [-0.2, 0) is 27.5 Å². The van der Waals surface area contributed by atoms with E-state index in [0.29, 0.717) is 5.75 Å². The van der Waals surface area contributed by atoms with Crippen LogP contribution in [0.25, 0.3) is 0 Å². The van der Waals surface area contributed by atoms with E-state index in [2.05, 4.69) is 5.32 Å². The van der Waals surface area contributed by atoms with Crippen LogP contribution in [0.4, 0.5) is 18.9 Å². The van der Waals surface area contributed by atoms with Crippen LogP contribution in [0.3, 0.4) is 0 Å². The number of rotatable bonds is 8. The third-order valence-electron chi connectivity index (χ3n) is 4.72. The van der Waals surface area contributed by atoms with Crippen molar-refractivity contribution >= 4 is 21.6 Å². The summed E-state index contributed by atoms with van der Waals surface area (Å²) < 4.78 is 71.2. The zero-order valence-corrected chi connectivity index (χ0v) is 18.4. The molecule has 6 nitrogen and oxygen atoms in total. The van der Waals surface area contributed by atoms with Crippen LogP contribution in [0.15, 0.2) is 83.8 Å². The van der Waals surface area contributed by atoms with Crippen molar-refractivity contribution in [2.45, 2.75) is 17.6 Å². The minimum Gasteiger partial charge on any atom is -0.497 e. The van der Waals surface area contributed by atoms with Gasteiger partial charge in [-0.25, -0.2) is 8.42 Å². The zero-order valence-electron chi connectivity index (χ0n) is 17.5. The lowest BCUT2D eigenvalue weighted by atomic mass is 10.1. The third kappa shape index (κ3) is 6.04. The number of methoxy groups -OCH3 is 1. The molecule has 3 rings (SSSR count). The Morgan fingerprint density at radius 1 is 0.970 bits per heavy atom. The van der Waals surface area contributed by atoms with Gasteiger partial charge in [-0.1, -0.05) is 30.3 Å². The van der Waals surface area contributed by atoms with E-state index in [1.807, 2.05) is 0 Å². The highest BCUT2D eigenvalue weighted by Crippen LogP contribution is 2.29. The van der Waals surface area contributed by atoms with E-state index in [4.69, 9.17) is 4.74 Å². The highest BCUT2D eigenvalue weighted by Gasteiger charge is 2.30. The normalized spacial score (nSPS) is 11.6. The summed E-state index contributed by atoms with van der Waals surface area (Å²) >= 11 is 0. The van der Waals surface area contributed by atoms with E-state index in [1.165, 1.54) is 43.5 Å². The maximum Gasteiger partial charge on any atom is 0.416 e. The monoisotopic (exact) mass is 478 g/mol. The van der Waals surface area contributed by atoms with E-state index in [1.54, 1.807) is 30.3 Å². The Hall–Kier alpha value is -3.53. The lowest BCUT2D eigenvalue weighted by Gasteiger charge is -2.24.